The van der Waals surface area contributed by atoms with Crippen LogP contribution in [-0.4, -0.2) is 39.4 Å². The Balaban J connectivity index is 0.00000289. The van der Waals surface area contributed by atoms with Crippen molar-refractivity contribution in [1.29, 1.82) is 0 Å². The molecule has 6 heteroatoms. The number of hydrogen-bond donors (Lipinski definition) is 2. The minimum atomic E-state index is -0.182. The largest absolute Gasteiger partial charge is 0.398 e. The summed E-state index contributed by atoms with van der Waals surface area (Å²) in [5, 5.41) is 2.73. The molecule has 102 valence electrons. The molecule has 5 nitrogen and oxygen atoms in total. The van der Waals surface area contributed by atoms with Gasteiger partial charge < -0.3 is 20.5 Å². The van der Waals surface area contributed by atoms with E-state index in [1.165, 1.54) is 0 Å². The molecule has 0 fully saturated rings. The first-order valence-corrected chi connectivity index (χ1v) is 5.45. The first kappa shape index (κ1) is 16.7. The van der Waals surface area contributed by atoms with Crippen LogP contribution in [0.3, 0.4) is 0 Å². The third kappa shape index (κ3) is 5.86. The van der Waals surface area contributed by atoms with Crippen molar-refractivity contribution in [2.45, 2.75) is 0 Å². The first-order chi connectivity index (χ1) is 8.25. The van der Waals surface area contributed by atoms with Crippen molar-refractivity contribution in [3.8, 4) is 0 Å². The second kappa shape index (κ2) is 9.70. The number of nitrogens with one attached hydrogen (secondary N) is 1. The van der Waals surface area contributed by atoms with Crippen LogP contribution in [-0.2, 0) is 9.47 Å². The number of nitrogens with two attached hydrogens (primary N) is 1. The van der Waals surface area contributed by atoms with Crippen molar-refractivity contribution in [1.82, 2.24) is 5.32 Å². The Hall–Kier alpha value is -1.30. The molecular formula is C12H19ClN2O3. The molecule has 0 heterocycles. The topological polar surface area (TPSA) is 73.6 Å². The summed E-state index contributed by atoms with van der Waals surface area (Å²) in [6.07, 6.45) is 0. The van der Waals surface area contributed by atoms with Crippen molar-refractivity contribution >= 4 is 24.0 Å². The highest BCUT2D eigenvalue weighted by molar-refractivity contribution is 5.99. The molecule has 0 aromatic heterocycles. The summed E-state index contributed by atoms with van der Waals surface area (Å²) in [4.78, 5) is 11.7. The van der Waals surface area contributed by atoms with Crippen LogP contribution in [0, 0.1) is 0 Å². The summed E-state index contributed by atoms with van der Waals surface area (Å²) in [6, 6.07) is 6.96. The molecule has 3 N–H and O–H groups in total. The van der Waals surface area contributed by atoms with E-state index < -0.39 is 0 Å². The molecule has 0 unspecified atom stereocenters. The molecule has 1 aromatic rings. The molecule has 0 aliphatic carbocycles. The van der Waals surface area contributed by atoms with Crippen LogP contribution in [0.1, 0.15) is 10.4 Å². The Morgan fingerprint density at radius 3 is 2.67 bits per heavy atom. The minimum Gasteiger partial charge on any atom is -0.398 e. The van der Waals surface area contributed by atoms with E-state index in [2.05, 4.69) is 5.32 Å². The normalized spacial score (nSPS) is 9.61. The Bertz CT molecular complexity index is 361. The lowest BCUT2D eigenvalue weighted by atomic mass is 10.2. The molecule has 0 spiro atoms. The van der Waals surface area contributed by atoms with Gasteiger partial charge in [0.25, 0.3) is 5.91 Å². The van der Waals surface area contributed by atoms with E-state index in [0.717, 1.165) is 0 Å². The van der Waals surface area contributed by atoms with Crippen molar-refractivity contribution in [3.63, 3.8) is 0 Å². The molecular weight excluding hydrogens is 256 g/mol. The SMILES string of the molecule is COCCOCCNC(=O)c1ccccc1N.Cl. The Morgan fingerprint density at radius 2 is 2.00 bits per heavy atom. The molecule has 0 saturated carbocycles. The van der Waals surface area contributed by atoms with Gasteiger partial charge in [-0.15, -0.1) is 12.4 Å². The van der Waals surface area contributed by atoms with Gasteiger partial charge in [-0.25, -0.2) is 0 Å². The third-order valence-corrected chi connectivity index (χ3v) is 2.17. The van der Waals surface area contributed by atoms with E-state index in [4.69, 9.17) is 15.2 Å². The van der Waals surface area contributed by atoms with Crippen LogP contribution in [0.15, 0.2) is 24.3 Å². The lowest BCUT2D eigenvalue weighted by molar-refractivity contribution is 0.0693. The lowest BCUT2D eigenvalue weighted by Gasteiger charge is -2.07. The third-order valence-electron chi connectivity index (χ3n) is 2.17. The predicted molar refractivity (Wildman–Crippen MR) is 73.1 cm³/mol. The second-order valence-corrected chi connectivity index (χ2v) is 3.45. The summed E-state index contributed by atoms with van der Waals surface area (Å²) in [5.41, 5.74) is 6.65. The van der Waals surface area contributed by atoms with Gasteiger partial charge in [-0.3, -0.25) is 4.79 Å². The Kier molecular flexibility index (Phi) is 9.00. The standard InChI is InChI=1S/C12H18N2O3.ClH/c1-16-8-9-17-7-6-14-12(15)10-4-2-3-5-11(10)13;/h2-5H,6-9,13H2,1H3,(H,14,15);1H. The highest BCUT2D eigenvalue weighted by Crippen LogP contribution is 2.09. The highest BCUT2D eigenvalue weighted by atomic mass is 35.5. The molecule has 1 rings (SSSR count). The number of amides is 1. The van der Waals surface area contributed by atoms with Crippen molar-refractivity contribution in [2.75, 3.05) is 39.2 Å². The van der Waals surface area contributed by atoms with Crippen molar-refractivity contribution < 1.29 is 14.3 Å². The first-order valence-electron chi connectivity index (χ1n) is 5.45. The van der Waals surface area contributed by atoms with E-state index in [1.807, 2.05) is 0 Å². The number of ether oxygens (including phenoxy) is 2. The average molecular weight is 275 g/mol. The van der Waals surface area contributed by atoms with Crippen LogP contribution < -0.4 is 11.1 Å². The van der Waals surface area contributed by atoms with Crippen LogP contribution in [0.2, 0.25) is 0 Å². The zero-order valence-corrected chi connectivity index (χ0v) is 11.2. The van der Waals surface area contributed by atoms with Gasteiger partial charge in [-0.2, -0.15) is 0 Å². The molecule has 1 amide bonds. The van der Waals surface area contributed by atoms with Gasteiger partial charge in [0.1, 0.15) is 0 Å². The Morgan fingerprint density at radius 1 is 1.28 bits per heavy atom. The van der Waals surface area contributed by atoms with Gasteiger partial charge in [0.2, 0.25) is 0 Å². The summed E-state index contributed by atoms with van der Waals surface area (Å²) < 4.78 is 10.0. The van der Waals surface area contributed by atoms with Crippen LogP contribution in [0.5, 0.6) is 0 Å². The summed E-state index contributed by atoms with van der Waals surface area (Å²) >= 11 is 0. The summed E-state index contributed by atoms with van der Waals surface area (Å²) in [6.45, 7) is 2.00. The van der Waals surface area contributed by atoms with Gasteiger partial charge in [-0.1, -0.05) is 12.1 Å². The van der Waals surface area contributed by atoms with E-state index in [-0.39, 0.29) is 18.3 Å². The fraction of sp³-hybridized carbons (Fsp3) is 0.417. The zero-order valence-electron chi connectivity index (χ0n) is 10.3. The van der Waals surface area contributed by atoms with Gasteiger partial charge in [0, 0.05) is 19.3 Å². The monoisotopic (exact) mass is 274 g/mol. The molecule has 1 aromatic carbocycles. The quantitative estimate of drug-likeness (QED) is 0.576. The van der Waals surface area contributed by atoms with Crippen molar-refractivity contribution in [2.24, 2.45) is 0 Å². The maximum atomic E-state index is 11.7. The number of nitrogen functional groups attached to an aromatic ring is 1. The number of halogens is 1. The number of anilines is 1. The molecule has 0 saturated heterocycles. The average Bonchev–Trinajstić information content (AvgIpc) is 2.34. The number of carbonyl (C=O) groups is 1. The van der Waals surface area contributed by atoms with Crippen LogP contribution in [0.4, 0.5) is 5.69 Å². The fourth-order valence-corrected chi connectivity index (χ4v) is 1.28. The smallest absolute Gasteiger partial charge is 0.253 e. The maximum Gasteiger partial charge on any atom is 0.253 e. The number of benzene rings is 1. The second-order valence-electron chi connectivity index (χ2n) is 3.45. The van der Waals surface area contributed by atoms with Crippen molar-refractivity contribution in [3.05, 3.63) is 29.8 Å². The number of methoxy groups -OCH3 is 1. The number of para-hydroxylation sites is 1. The van der Waals surface area contributed by atoms with Crippen LogP contribution >= 0.6 is 12.4 Å². The van der Waals surface area contributed by atoms with Gasteiger partial charge >= 0.3 is 0 Å². The number of rotatable bonds is 7. The van der Waals surface area contributed by atoms with E-state index in [9.17, 15) is 4.79 Å². The molecule has 0 atom stereocenters. The zero-order chi connectivity index (χ0) is 12.5. The molecule has 18 heavy (non-hydrogen) atoms. The summed E-state index contributed by atoms with van der Waals surface area (Å²) in [5.74, 6) is -0.182. The van der Waals surface area contributed by atoms with Gasteiger partial charge in [0.15, 0.2) is 0 Å². The van der Waals surface area contributed by atoms with Gasteiger partial charge in [0.05, 0.1) is 25.4 Å². The van der Waals surface area contributed by atoms with Crippen LogP contribution in [0.25, 0.3) is 0 Å². The molecule has 0 radical (unpaired) electrons. The van der Waals surface area contributed by atoms with E-state index in [1.54, 1.807) is 31.4 Å². The molecule has 0 aliphatic heterocycles. The van der Waals surface area contributed by atoms with Gasteiger partial charge in [-0.05, 0) is 12.1 Å². The Labute approximate surface area is 113 Å². The summed E-state index contributed by atoms with van der Waals surface area (Å²) in [7, 11) is 1.61. The van der Waals surface area contributed by atoms with E-state index in [0.29, 0.717) is 37.6 Å². The highest BCUT2D eigenvalue weighted by Gasteiger charge is 2.07. The maximum absolute atomic E-state index is 11.7. The minimum absolute atomic E-state index is 0. The number of carbonyl (C=O) groups excluding carboxylic acids is 1. The molecule has 0 aliphatic rings. The predicted octanol–water partition coefficient (Wildman–Crippen LogP) is 1.08. The molecule has 0 bridgehead atoms. The number of hydrogen-bond acceptors (Lipinski definition) is 4. The fourth-order valence-electron chi connectivity index (χ4n) is 1.28. The van der Waals surface area contributed by atoms with E-state index >= 15 is 0 Å². The lowest BCUT2D eigenvalue weighted by Crippen LogP contribution is -2.28.